The van der Waals surface area contributed by atoms with Gasteiger partial charge in [0, 0.05) is 21.0 Å². The van der Waals surface area contributed by atoms with E-state index in [1.165, 1.54) is 10.4 Å². The molecule has 2 aromatic carbocycles. The third-order valence-corrected chi connectivity index (χ3v) is 6.58. The number of carbonyl (C=O) groups excluding carboxylic acids is 1. The topological polar surface area (TPSA) is 41.5 Å². The van der Waals surface area contributed by atoms with Crippen LogP contribution in [-0.4, -0.2) is 18.2 Å². The number of halogens is 1. The van der Waals surface area contributed by atoms with E-state index in [0.29, 0.717) is 10.9 Å². The standard InChI is InChI=1S/C23H21ClN2OS/c1-15(11-12-16-7-3-2-4-8-16)20-13-18-22(17-9-5-6-10-19(17)24)25-14-21(27)26-23(18)28-20/h2-10,13,15H,11-12,14H2,1H3,(H,26,27). The number of benzene rings is 2. The molecule has 1 aromatic heterocycles. The maximum atomic E-state index is 12.2. The first-order valence-electron chi connectivity index (χ1n) is 9.39. The first kappa shape index (κ1) is 18.9. The van der Waals surface area contributed by atoms with Crippen molar-refractivity contribution in [1.82, 2.24) is 0 Å². The van der Waals surface area contributed by atoms with Crippen LogP contribution in [0.15, 0.2) is 65.7 Å². The third-order valence-electron chi connectivity index (χ3n) is 4.96. The summed E-state index contributed by atoms with van der Waals surface area (Å²) in [6.07, 6.45) is 2.08. The molecule has 0 saturated carbocycles. The van der Waals surface area contributed by atoms with Gasteiger partial charge in [-0.1, -0.05) is 67.1 Å². The van der Waals surface area contributed by atoms with E-state index in [2.05, 4.69) is 47.6 Å². The Kier molecular flexibility index (Phi) is 5.60. The fourth-order valence-electron chi connectivity index (χ4n) is 3.38. The molecule has 0 saturated heterocycles. The highest BCUT2D eigenvalue weighted by Crippen LogP contribution is 2.38. The first-order chi connectivity index (χ1) is 13.6. The van der Waals surface area contributed by atoms with Gasteiger partial charge in [-0.2, -0.15) is 0 Å². The Labute approximate surface area is 174 Å². The summed E-state index contributed by atoms with van der Waals surface area (Å²) in [5, 5.41) is 4.52. The second kappa shape index (κ2) is 8.29. The van der Waals surface area contributed by atoms with Gasteiger partial charge in [0.05, 0.1) is 5.71 Å². The minimum Gasteiger partial charge on any atom is -0.316 e. The van der Waals surface area contributed by atoms with Crippen LogP contribution in [0.1, 0.15) is 40.8 Å². The van der Waals surface area contributed by atoms with Crippen LogP contribution in [0.4, 0.5) is 5.00 Å². The van der Waals surface area contributed by atoms with E-state index in [1.807, 2.05) is 30.3 Å². The maximum absolute atomic E-state index is 12.2. The van der Waals surface area contributed by atoms with Crippen molar-refractivity contribution >= 4 is 39.6 Å². The van der Waals surface area contributed by atoms with Crippen LogP contribution in [0.5, 0.6) is 0 Å². The number of aryl methyl sites for hydroxylation is 1. The number of carbonyl (C=O) groups is 1. The Morgan fingerprint density at radius 3 is 2.64 bits per heavy atom. The summed E-state index contributed by atoms with van der Waals surface area (Å²) in [5.74, 6) is 0.301. The molecule has 1 aliphatic heterocycles. The van der Waals surface area contributed by atoms with Crippen LogP contribution in [0, 0.1) is 0 Å². The summed E-state index contributed by atoms with van der Waals surface area (Å²) >= 11 is 8.06. The van der Waals surface area contributed by atoms with Gasteiger partial charge < -0.3 is 5.32 Å². The normalized spacial score (nSPS) is 14.6. The second-order valence-electron chi connectivity index (χ2n) is 7.01. The number of aliphatic imine (C=N–C) groups is 1. The first-order valence-corrected chi connectivity index (χ1v) is 10.6. The molecule has 0 bridgehead atoms. The van der Waals surface area contributed by atoms with Gasteiger partial charge in [0.2, 0.25) is 5.91 Å². The van der Waals surface area contributed by atoms with Crippen molar-refractivity contribution < 1.29 is 4.79 Å². The highest BCUT2D eigenvalue weighted by molar-refractivity contribution is 7.16. The number of nitrogens with one attached hydrogen (secondary N) is 1. The Morgan fingerprint density at radius 1 is 1.11 bits per heavy atom. The summed E-state index contributed by atoms with van der Waals surface area (Å²) in [5.41, 5.74) is 3.96. The average Bonchev–Trinajstić information content (AvgIpc) is 3.05. The van der Waals surface area contributed by atoms with Crippen molar-refractivity contribution in [2.45, 2.75) is 25.7 Å². The number of nitrogens with zero attached hydrogens (tertiary/aromatic N) is 1. The van der Waals surface area contributed by atoms with Crippen LogP contribution in [0.2, 0.25) is 5.02 Å². The highest BCUT2D eigenvalue weighted by Gasteiger charge is 2.23. The molecule has 3 nitrogen and oxygen atoms in total. The molecule has 5 heteroatoms. The Hall–Kier alpha value is -2.43. The largest absolute Gasteiger partial charge is 0.316 e. The molecule has 0 aliphatic carbocycles. The summed E-state index contributed by atoms with van der Waals surface area (Å²) in [4.78, 5) is 18.0. The molecule has 3 aromatic rings. The maximum Gasteiger partial charge on any atom is 0.246 e. The van der Waals surface area contributed by atoms with Gasteiger partial charge >= 0.3 is 0 Å². The minimum atomic E-state index is -0.0892. The lowest BCUT2D eigenvalue weighted by Crippen LogP contribution is -2.12. The SMILES string of the molecule is CC(CCc1ccccc1)c1cc2c(s1)NC(=O)CN=C2c1ccccc1Cl. The molecule has 1 aliphatic rings. The van der Waals surface area contributed by atoms with Gasteiger partial charge in [-0.3, -0.25) is 9.79 Å². The summed E-state index contributed by atoms with van der Waals surface area (Å²) < 4.78 is 0. The van der Waals surface area contributed by atoms with Gasteiger partial charge in [-0.25, -0.2) is 0 Å². The minimum absolute atomic E-state index is 0.0892. The van der Waals surface area contributed by atoms with Gasteiger partial charge in [-0.05, 0) is 36.5 Å². The fourth-order valence-corrected chi connectivity index (χ4v) is 4.76. The lowest BCUT2D eigenvalue weighted by Gasteiger charge is -2.09. The monoisotopic (exact) mass is 408 g/mol. The van der Waals surface area contributed by atoms with Crippen molar-refractivity contribution in [2.24, 2.45) is 4.99 Å². The molecule has 1 unspecified atom stereocenters. The molecule has 1 N–H and O–H groups in total. The zero-order valence-electron chi connectivity index (χ0n) is 15.6. The summed E-state index contributed by atoms with van der Waals surface area (Å²) in [6, 6.07) is 20.4. The lowest BCUT2D eigenvalue weighted by atomic mass is 9.98. The molecule has 1 atom stereocenters. The number of amides is 1. The van der Waals surface area contributed by atoms with Crippen LogP contribution in [0.3, 0.4) is 0 Å². The predicted molar refractivity (Wildman–Crippen MR) is 118 cm³/mol. The second-order valence-corrected chi connectivity index (χ2v) is 8.50. The quantitative estimate of drug-likeness (QED) is 0.558. The van der Waals surface area contributed by atoms with Gasteiger partial charge in [0.1, 0.15) is 11.5 Å². The molecule has 28 heavy (non-hydrogen) atoms. The van der Waals surface area contributed by atoms with Crippen molar-refractivity contribution in [2.75, 3.05) is 11.9 Å². The number of rotatable bonds is 5. The van der Waals surface area contributed by atoms with Crippen molar-refractivity contribution in [3.63, 3.8) is 0 Å². The number of anilines is 1. The summed E-state index contributed by atoms with van der Waals surface area (Å²) in [6.45, 7) is 2.35. The average molecular weight is 409 g/mol. The van der Waals surface area contributed by atoms with E-state index in [-0.39, 0.29) is 12.5 Å². The number of fused-ring (bicyclic) bond motifs is 1. The van der Waals surface area contributed by atoms with E-state index < -0.39 is 0 Å². The smallest absolute Gasteiger partial charge is 0.246 e. The molecular formula is C23H21ClN2OS. The zero-order valence-corrected chi connectivity index (χ0v) is 17.2. The molecule has 0 radical (unpaired) electrons. The van der Waals surface area contributed by atoms with E-state index in [0.717, 1.165) is 34.7 Å². The Bertz CT molecular complexity index is 1030. The van der Waals surface area contributed by atoms with Crippen LogP contribution >= 0.6 is 22.9 Å². The zero-order chi connectivity index (χ0) is 19.5. The lowest BCUT2D eigenvalue weighted by molar-refractivity contribution is -0.114. The van der Waals surface area contributed by atoms with Gasteiger partial charge in [-0.15, -0.1) is 11.3 Å². The summed E-state index contributed by atoms with van der Waals surface area (Å²) in [7, 11) is 0. The molecule has 2 heterocycles. The molecule has 142 valence electrons. The third kappa shape index (κ3) is 4.03. The molecule has 1 amide bonds. The van der Waals surface area contributed by atoms with E-state index in [4.69, 9.17) is 11.6 Å². The Balaban J connectivity index is 1.63. The Morgan fingerprint density at radius 2 is 1.86 bits per heavy atom. The fraction of sp³-hybridized carbons (Fsp3) is 0.217. The van der Waals surface area contributed by atoms with Gasteiger partial charge in [0.25, 0.3) is 0 Å². The van der Waals surface area contributed by atoms with E-state index in [1.54, 1.807) is 11.3 Å². The van der Waals surface area contributed by atoms with Crippen molar-refractivity contribution in [3.8, 4) is 0 Å². The number of hydrogen-bond acceptors (Lipinski definition) is 3. The van der Waals surface area contributed by atoms with E-state index >= 15 is 0 Å². The van der Waals surface area contributed by atoms with Crippen molar-refractivity contribution in [3.05, 3.63) is 87.3 Å². The molecule has 0 spiro atoms. The number of hydrogen-bond donors (Lipinski definition) is 1. The predicted octanol–water partition coefficient (Wildman–Crippen LogP) is 5.93. The van der Waals surface area contributed by atoms with Gasteiger partial charge in [0.15, 0.2) is 0 Å². The van der Waals surface area contributed by atoms with Crippen LogP contribution in [0.25, 0.3) is 0 Å². The molecular weight excluding hydrogens is 388 g/mol. The van der Waals surface area contributed by atoms with Crippen LogP contribution < -0.4 is 5.32 Å². The highest BCUT2D eigenvalue weighted by atomic mass is 35.5. The molecule has 0 fully saturated rings. The van der Waals surface area contributed by atoms with E-state index in [9.17, 15) is 4.79 Å². The van der Waals surface area contributed by atoms with Crippen molar-refractivity contribution in [1.29, 1.82) is 0 Å². The molecule has 4 rings (SSSR count). The number of thiophene rings is 1. The van der Waals surface area contributed by atoms with Crippen LogP contribution in [-0.2, 0) is 11.2 Å².